The summed E-state index contributed by atoms with van der Waals surface area (Å²) in [6, 6.07) is 0.224. The largest absolute Gasteiger partial charge is 0.385 e. The van der Waals surface area contributed by atoms with Gasteiger partial charge in [0.2, 0.25) is 0 Å². The molecule has 74 valence electrons. The molecule has 0 radical (unpaired) electrons. The van der Waals surface area contributed by atoms with E-state index >= 15 is 0 Å². The van der Waals surface area contributed by atoms with Crippen LogP contribution < -0.4 is 5.73 Å². The van der Waals surface area contributed by atoms with Gasteiger partial charge in [-0.15, -0.1) is 0 Å². The average molecular weight is 175 g/mol. The molecule has 0 fully saturated rings. The lowest BCUT2D eigenvalue weighted by Crippen LogP contribution is -2.23. The Morgan fingerprint density at radius 1 is 1.25 bits per heavy atom. The maximum Gasteiger partial charge on any atom is 0.0561 e. The molecule has 2 atom stereocenters. The lowest BCUT2D eigenvalue weighted by atomic mass is 10.2. The summed E-state index contributed by atoms with van der Waals surface area (Å²) in [5, 5.41) is 0. The van der Waals surface area contributed by atoms with E-state index in [2.05, 4.69) is 6.92 Å². The third-order valence-corrected chi connectivity index (χ3v) is 1.60. The molecule has 0 aromatic rings. The van der Waals surface area contributed by atoms with Crippen LogP contribution in [0, 0.1) is 0 Å². The van der Waals surface area contributed by atoms with Gasteiger partial charge in [0.1, 0.15) is 0 Å². The lowest BCUT2D eigenvalue weighted by molar-refractivity contribution is 0.0428. The van der Waals surface area contributed by atoms with Gasteiger partial charge in [-0.3, -0.25) is 0 Å². The lowest BCUT2D eigenvalue weighted by Gasteiger charge is -2.14. The summed E-state index contributed by atoms with van der Waals surface area (Å²) in [6.07, 6.45) is 2.15. The summed E-state index contributed by atoms with van der Waals surface area (Å²) in [6.45, 7) is 5.58. The summed E-state index contributed by atoms with van der Waals surface area (Å²) in [5.41, 5.74) is 5.62. The fourth-order valence-corrected chi connectivity index (χ4v) is 1.08. The highest BCUT2D eigenvalue weighted by Crippen LogP contribution is 2.00. The second kappa shape index (κ2) is 7.53. The van der Waals surface area contributed by atoms with Gasteiger partial charge in [-0.2, -0.15) is 0 Å². The van der Waals surface area contributed by atoms with E-state index in [1.54, 1.807) is 7.11 Å². The molecule has 0 aromatic carbocycles. The first-order valence-corrected chi connectivity index (χ1v) is 4.53. The van der Waals surface area contributed by atoms with Gasteiger partial charge in [-0.1, -0.05) is 0 Å². The first kappa shape index (κ1) is 11.9. The van der Waals surface area contributed by atoms with Crippen molar-refractivity contribution in [2.24, 2.45) is 5.73 Å². The number of ether oxygens (including phenoxy) is 2. The van der Waals surface area contributed by atoms with E-state index in [1.165, 1.54) is 0 Å². The Morgan fingerprint density at radius 3 is 2.42 bits per heavy atom. The van der Waals surface area contributed by atoms with Gasteiger partial charge in [-0.05, 0) is 26.7 Å². The standard InChI is InChI=1S/C9H21NO2/c1-8(10)7-9(2)12-6-4-5-11-3/h8-9H,4-7,10H2,1-3H3. The Balaban J connectivity index is 3.14. The molecule has 0 aliphatic carbocycles. The molecule has 3 heteroatoms. The zero-order valence-corrected chi connectivity index (χ0v) is 8.38. The van der Waals surface area contributed by atoms with Crippen LogP contribution in [0.1, 0.15) is 26.7 Å². The van der Waals surface area contributed by atoms with E-state index in [4.69, 9.17) is 15.2 Å². The van der Waals surface area contributed by atoms with Gasteiger partial charge in [0.15, 0.2) is 0 Å². The molecular formula is C9H21NO2. The second-order valence-corrected chi connectivity index (χ2v) is 3.24. The molecule has 0 aliphatic rings. The highest BCUT2D eigenvalue weighted by atomic mass is 16.5. The summed E-state index contributed by atoms with van der Waals surface area (Å²) in [5.74, 6) is 0. The molecule has 0 amide bonds. The molecule has 0 saturated heterocycles. The number of hydrogen-bond acceptors (Lipinski definition) is 3. The summed E-state index contributed by atoms with van der Waals surface area (Å²) >= 11 is 0. The Bertz CT molecular complexity index is 96.5. The van der Waals surface area contributed by atoms with Crippen LogP contribution in [0.3, 0.4) is 0 Å². The highest BCUT2D eigenvalue weighted by Gasteiger charge is 2.04. The van der Waals surface area contributed by atoms with Crippen molar-refractivity contribution in [3.05, 3.63) is 0 Å². The third kappa shape index (κ3) is 7.98. The predicted octanol–water partition coefficient (Wildman–Crippen LogP) is 1.17. The van der Waals surface area contributed by atoms with Crippen LogP contribution in [0.25, 0.3) is 0 Å². The van der Waals surface area contributed by atoms with Crippen molar-refractivity contribution in [3.8, 4) is 0 Å². The minimum absolute atomic E-state index is 0.224. The molecular weight excluding hydrogens is 154 g/mol. The number of nitrogens with two attached hydrogens (primary N) is 1. The van der Waals surface area contributed by atoms with Gasteiger partial charge >= 0.3 is 0 Å². The third-order valence-electron chi connectivity index (χ3n) is 1.60. The van der Waals surface area contributed by atoms with Crippen molar-refractivity contribution >= 4 is 0 Å². The van der Waals surface area contributed by atoms with Crippen molar-refractivity contribution in [1.29, 1.82) is 0 Å². The van der Waals surface area contributed by atoms with Gasteiger partial charge in [0.05, 0.1) is 6.10 Å². The predicted molar refractivity (Wildman–Crippen MR) is 50.2 cm³/mol. The Morgan fingerprint density at radius 2 is 1.92 bits per heavy atom. The van der Waals surface area contributed by atoms with E-state index in [0.717, 1.165) is 26.1 Å². The molecule has 0 bridgehead atoms. The topological polar surface area (TPSA) is 44.5 Å². The van der Waals surface area contributed by atoms with E-state index < -0.39 is 0 Å². The Kier molecular flexibility index (Phi) is 7.45. The number of methoxy groups -OCH3 is 1. The van der Waals surface area contributed by atoms with Crippen LogP contribution >= 0.6 is 0 Å². The van der Waals surface area contributed by atoms with Crippen LogP contribution in [-0.4, -0.2) is 32.5 Å². The molecule has 0 spiro atoms. The normalized spacial score (nSPS) is 16.0. The van der Waals surface area contributed by atoms with Crippen molar-refractivity contribution in [3.63, 3.8) is 0 Å². The first-order valence-electron chi connectivity index (χ1n) is 4.53. The zero-order chi connectivity index (χ0) is 9.40. The quantitative estimate of drug-likeness (QED) is 0.591. The van der Waals surface area contributed by atoms with Crippen molar-refractivity contribution < 1.29 is 9.47 Å². The highest BCUT2D eigenvalue weighted by molar-refractivity contribution is 4.59. The molecule has 0 saturated carbocycles. The van der Waals surface area contributed by atoms with E-state index in [-0.39, 0.29) is 12.1 Å². The summed E-state index contributed by atoms with van der Waals surface area (Å²) < 4.78 is 10.4. The summed E-state index contributed by atoms with van der Waals surface area (Å²) in [7, 11) is 1.70. The average Bonchev–Trinajstić information content (AvgIpc) is 1.97. The van der Waals surface area contributed by atoms with Gasteiger partial charge in [-0.25, -0.2) is 0 Å². The molecule has 3 nitrogen and oxygen atoms in total. The van der Waals surface area contributed by atoms with Crippen LogP contribution in [0.5, 0.6) is 0 Å². The molecule has 0 rings (SSSR count). The zero-order valence-electron chi connectivity index (χ0n) is 8.38. The molecule has 2 N–H and O–H groups in total. The molecule has 0 aromatic heterocycles. The minimum Gasteiger partial charge on any atom is -0.385 e. The molecule has 0 aliphatic heterocycles. The monoisotopic (exact) mass is 175 g/mol. The van der Waals surface area contributed by atoms with Crippen molar-refractivity contribution in [2.75, 3.05) is 20.3 Å². The fourth-order valence-electron chi connectivity index (χ4n) is 1.08. The maximum absolute atomic E-state index is 5.62. The van der Waals surface area contributed by atoms with Gasteiger partial charge < -0.3 is 15.2 Å². The van der Waals surface area contributed by atoms with Crippen molar-refractivity contribution in [1.82, 2.24) is 0 Å². The number of rotatable bonds is 7. The van der Waals surface area contributed by atoms with Crippen LogP contribution in [0.2, 0.25) is 0 Å². The van der Waals surface area contributed by atoms with Crippen LogP contribution in [0.15, 0.2) is 0 Å². The smallest absolute Gasteiger partial charge is 0.0561 e. The van der Waals surface area contributed by atoms with Crippen LogP contribution in [0.4, 0.5) is 0 Å². The van der Waals surface area contributed by atoms with E-state index in [1.807, 2.05) is 6.92 Å². The Labute approximate surface area is 75.2 Å². The van der Waals surface area contributed by atoms with Crippen LogP contribution in [-0.2, 0) is 9.47 Å². The van der Waals surface area contributed by atoms with E-state index in [0.29, 0.717) is 0 Å². The molecule has 0 heterocycles. The summed E-state index contributed by atoms with van der Waals surface area (Å²) in [4.78, 5) is 0. The number of hydrogen-bond donors (Lipinski definition) is 1. The van der Waals surface area contributed by atoms with E-state index in [9.17, 15) is 0 Å². The fraction of sp³-hybridized carbons (Fsp3) is 1.00. The SMILES string of the molecule is COCCCOC(C)CC(C)N. The molecule has 2 unspecified atom stereocenters. The molecule has 12 heavy (non-hydrogen) atoms. The van der Waals surface area contributed by atoms with Crippen molar-refractivity contribution in [2.45, 2.75) is 38.8 Å². The van der Waals surface area contributed by atoms with Gasteiger partial charge in [0, 0.05) is 26.4 Å². The first-order chi connectivity index (χ1) is 5.66. The van der Waals surface area contributed by atoms with Gasteiger partial charge in [0.25, 0.3) is 0 Å². The maximum atomic E-state index is 5.62. The second-order valence-electron chi connectivity index (χ2n) is 3.24. The Hall–Kier alpha value is -0.120. The minimum atomic E-state index is 0.224.